The van der Waals surface area contributed by atoms with E-state index in [1.54, 1.807) is 0 Å². The molecule has 2 heterocycles. The second-order valence-corrected chi connectivity index (χ2v) is 17.1. The van der Waals surface area contributed by atoms with Gasteiger partial charge in [0.2, 0.25) is 0 Å². The molecule has 58 heavy (non-hydrogen) atoms. The van der Waals surface area contributed by atoms with Gasteiger partial charge in [-0.2, -0.15) is 0 Å². The first-order chi connectivity index (χ1) is 28.6. The summed E-state index contributed by atoms with van der Waals surface area (Å²) in [5, 5.41) is 5.81. The highest BCUT2D eigenvalue weighted by Gasteiger charge is 2.29. The molecule has 0 saturated heterocycles. The Morgan fingerprint density at radius 1 is 0.345 bits per heavy atom. The summed E-state index contributed by atoms with van der Waals surface area (Å²) in [6, 6.07) is 73.7. The first-order valence-electron chi connectivity index (χ1n) is 19.4. The van der Waals surface area contributed by atoms with Crippen molar-refractivity contribution >= 4 is 44.7 Å². The van der Waals surface area contributed by atoms with E-state index in [0.717, 1.165) is 82.7 Å². The summed E-state index contributed by atoms with van der Waals surface area (Å²) in [5.41, 5.74) is 9.73. The first kappa shape index (κ1) is 35.2. The zero-order valence-corrected chi connectivity index (χ0v) is 32.4. The lowest BCUT2D eigenvalue weighted by molar-refractivity contribution is 0.592. The van der Waals surface area contributed by atoms with Crippen LogP contribution >= 0.6 is 7.14 Å². The largest absolute Gasteiger partial charge is 0.309 e. The van der Waals surface area contributed by atoms with Crippen molar-refractivity contribution in [2.45, 2.75) is 0 Å². The van der Waals surface area contributed by atoms with Crippen molar-refractivity contribution < 1.29 is 4.57 Å². The van der Waals surface area contributed by atoms with Crippen LogP contribution < -0.4 is 15.9 Å². The fourth-order valence-corrected chi connectivity index (χ4v) is 10.6. The smallest absolute Gasteiger partial charge is 0.171 e. The predicted molar refractivity (Wildman–Crippen MR) is 241 cm³/mol. The van der Waals surface area contributed by atoms with Crippen LogP contribution in [0.4, 0.5) is 0 Å². The Morgan fingerprint density at radius 3 is 1.41 bits per heavy atom. The molecule has 10 rings (SSSR count). The summed E-state index contributed by atoms with van der Waals surface area (Å²) in [4.78, 5) is 15.3. The van der Waals surface area contributed by atoms with Crippen molar-refractivity contribution in [1.29, 1.82) is 0 Å². The maximum atomic E-state index is 15.1. The topological polar surface area (TPSA) is 55.7 Å². The first-order valence-corrected chi connectivity index (χ1v) is 21.1. The molecule has 8 aromatic carbocycles. The fourth-order valence-electron chi connectivity index (χ4n) is 7.90. The number of hydrogen-bond donors (Lipinski definition) is 0. The molecule has 0 saturated carbocycles. The minimum Gasteiger partial charge on any atom is -0.309 e. The number of fused-ring (bicyclic) bond motifs is 3. The Morgan fingerprint density at radius 2 is 0.810 bits per heavy atom. The van der Waals surface area contributed by atoms with Crippen molar-refractivity contribution in [1.82, 2.24) is 15.0 Å². The molecule has 0 radical (unpaired) electrons. The molecule has 0 atom stereocenters. The molecule has 10 aromatic rings. The lowest BCUT2D eigenvalue weighted by atomic mass is 9.92. The number of pyridine rings is 1. The molecule has 5 heteroatoms. The minimum absolute atomic E-state index is 0.641. The molecule has 2 aromatic heterocycles. The van der Waals surface area contributed by atoms with Gasteiger partial charge in [-0.1, -0.05) is 206 Å². The van der Waals surface area contributed by atoms with E-state index in [2.05, 4.69) is 91.0 Å². The van der Waals surface area contributed by atoms with Crippen molar-refractivity contribution in [3.63, 3.8) is 0 Å². The van der Waals surface area contributed by atoms with E-state index < -0.39 is 7.14 Å². The highest BCUT2D eigenvalue weighted by atomic mass is 31.2. The summed E-state index contributed by atoms with van der Waals surface area (Å²) >= 11 is 0. The summed E-state index contributed by atoms with van der Waals surface area (Å²) in [6.45, 7) is 0. The third-order valence-corrected chi connectivity index (χ3v) is 13.9. The van der Waals surface area contributed by atoms with Gasteiger partial charge in [-0.3, -0.25) is 0 Å². The average molecular weight is 762 g/mol. The number of benzene rings is 8. The van der Waals surface area contributed by atoms with Crippen LogP contribution in [0.5, 0.6) is 0 Å². The number of para-hydroxylation sites is 1. The van der Waals surface area contributed by atoms with Crippen LogP contribution in [0.2, 0.25) is 0 Å². The minimum atomic E-state index is -3.12. The zero-order chi connectivity index (χ0) is 38.9. The van der Waals surface area contributed by atoms with Crippen LogP contribution in [0, 0.1) is 0 Å². The van der Waals surface area contributed by atoms with Gasteiger partial charge in [-0.25, -0.2) is 15.0 Å². The monoisotopic (exact) mass is 761 g/mol. The van der Waals surface area contributed by atoms with Gasteiger partial charge in [0.25, 0.3) is 0 Å². The molecule has 0 unspecified atom stereocenters. The third kappa shape index (κ3) is 6.40. The van der Waals surface area contributed by atoms with Gasteiger partial charge in [0, 0.05) is 54.3 Å². The van der Waals surface area contributed by atoms with Gasteiger partial charge in [-0.05, 0) is 23.3 Å². The van der Waals surface area contributed by atoms with E-state index in [0.29, 0.717) is 5.82 Å². The van der Waals surface area contributed by atoms with Gasteiger partial charge in [0.05, 0.1) is 22.6 Å². The molecule has 274 valence electrons. The Balaban J connectivity index is 1.06. The summed E-state index contributed by atoms with van der Waals surface area (Å²) in [7, 11) is -3.12. The summed E-state index contributed by atoms with van der Waals surface area (Å²) in [5.74, 6) is 0.641. The Kier molecular flexibility index (Phi) is 9.10. The highest BCUT2D eigenvalue weighted by Crippen LogP contribution is 2.43. The van der Waals surface area contributed by atoms with E-state index in [4.69, 9.17) is 15.0 Å². The van der Waals surface area contributed by atoms with Crippen LogP contribution in [-0.4, -0.2) is 15.0 Å². The van der Waals surface area contributed by atoms with E-state index in [1.807, 2.05) is 127 Å². The number of rotatable bonds is 8. The van der Waals surface area contributed by atoms with Gasteiger partial charge >= 0.3 is 0 Å². The molecule has 0 amide bonds. The second-order valence-electron chi connectivity index (χ2n) is 14.3. The fraction of sp³-hybridized carbons (Fsp3) is 0. The summed E-state index contributed by atoms with van der Waals surface area (Å²) < 4.78 is 15.1. The van der Waals surface area contributed by atoms with Gasteiger partial charge < -0.3 is 4.57 Å². The van der Waals surface area contributed by atoms with E-state index in [-0.39, 0.29) is 0 Å². The predicted octanol–water partition coefficient (Wildman–Crippen LogP) is 12.2. The van der Waals surface area contributed by atoms with Crippen LogP contribution in [0.15, 0.2) is 218 Å². The van der Waals surface area contributed by atoms with Gasteiger partial charge in [0.1, 0.15) is 0 Å². The third-order valence-electron chi connectivity index (χ3n) is 10.8. The SMILES string of the molecule is O=P(c1ccccc1)(c1ccccc1)c1ccc(-c2cc(-c3ccc(-c4cccc5c(-c6ccccc6)nc6ccccc6c45)cc3)nc(-c3ccccc3)n2)cc1. The van der Waals surface area contributed by atoms with Crippen molar-refractivity contribution in [3.05, 3.63) is 218 Å². The van der Waals surface area contributed by atoms with Crippen molar-refractivity contribution in [2.75, 3.05) is 0 Å². The van der Waals surface area contributed by atoms with Crippen LogP contribution in [0.1, 0.15) is 0 Å². The Bertz CT molecular complexity index is 3060. The normalized spacial score (nSPS) is 11.5. The van der Waals surface area contributed by atoms with E-state index in [1.165, 1.54) is 5.39 Å². The lowest BCUT2D eigenvalue weighted by Gasteiger charge is -2.20. The molecule has 4 nitrogen and oxygen atoms in total. The Hall–Kier alpha value is -7.26. The zero-order valence-electron chi connectivity index (χ0n) is 31.5. The number of nitrogens with zero attached hydrogens (tertiary/aromatic N) is 3. The Labute approximate surface area is 337 Å². The van der Waals surface area contributed by atoms with Crippen LogP contribution in [0.3, 0.4) is 0 Å². The molecule has 0 aliphatic heterocycles. The lowest BCUT2D eigenvalue weighted by Crippen LogP contribution is -2.24. The summed E-state index contributed by atoms with van der Waals surface area (Å²) in [6.07, 6.45) is 0. The van der Waals surface area contributed by atoms with Crippen LogP contribution in [-0.2, 0) is 4.57 Å². The quantitative estimate of drug-likeness (QED) is 0.114. The van der Waals surface area contributed by atoms with E-state index in [9.17, 15) is 0 Å². The van der Waals surface area contributed by atoms with Gasteiger partial charge in [-0.15, -0.1) is 0 Å². The molecular formula is C53H36N3OP. The molecule has 0 aliphatic rings. The van der Waals surface area contributed by atoms with Gasteiger partial charge in [0.15, 0.2) is 13.0 Å². The van der Waals surface area contributed by atoms with E-state index >= 15 is 4.57 Å². The molecule has 0 spiro atoms. The second kappa shape index (κ2) is 15.0. The standard InChI is InChI=1S/C53H36N3OP/c57-58(42-20-9-3-10-21-42,43-22-11-4-12-23-43)44-34-32-39(33-35-44)50-36-49(55-53(56-50)41-18-7-2-8-19-41)38-30-28-37(29-31-38)45-25-15-26-47-51(45)46-24-13-14-27-48(46)54-52(47)40-16-5-1-6-17-40/h1-36H. The molecule has 0 bridgehead atoms. The molecule has 0 aliphatic carbocycles. The van der Waals surface area contributed by atoms with Crippen LogP contribution in [0.25, 0.3) is 78.0 Å². The highest BCUT2D eigenvalue weighted by molar-refractivity contribution is 7.85. The molecular weight excluding hydrogens is 726 g/mol. The maximum Gasteiger partial charge on any atom is 0.171 e. The van der Waals surface area contributed by atoms with Crippen molar-refractivity contribution in [2.24, 2.45) is 0 Å². The molecule has 0 N–H and O–H groups in total. The average Bonchev–Trinajstić information content (AvgIpc) is 3.32. The molecule has 0 fully saturated rings. The number of hydrogen-bond acceptors (Lipinski definition) is 4. The van der Waals surface area contributed by atoms with Crippen molar-refractivity contribution in [3.8, 4) is 56.3 Å². The number of aromatic nitrogens is 3. The maximum absolute atomic E-state index is 15.1.